The summed E-state index contributed by atoms with van der Waals surface area (Å²) in [4.78, 5) is 0. The quantitative estimate of drug-likeness (QED) is 0.331. The molecule has 0 aromatic rings. The molecule has 10 atom stereocenters. The van der Waals surface area contributed by atoms with Crippen molar-refractivity contribution in [1.82, 2.24) is 0 Å². The Hall–Kier alpha value is -0.740. The van der Waals surface area contributed by atoms with Crippen molar-refractivity contribution in [2.45, 2.75) is 112 Å². The monoisotopic (exact) mass is 436 g/mol. The van der Waals surface area contributed by atoms with Crippen molar-refractivity contribution in [3.05, 3.63) is 12.2 Å². The predicted octanol–water partition coefficient (Wildman–Crippen LogP) is 7.64. The first-order valence-corrected chi connectivity index (χ1v) is 13.7. The molecule has 0 amide bonds. The van der Waals surface area contributed by atoms with Gasteiger partial charge in [-0.25, -0.2) is 0 Å². The Kier molecular flexibility index (Phi) is 4.97. The van der Waals surface area contributed by atoms with E-state index in [9.17, 15) is 5.11 Å². The molecule has 0 saturated heterocycles. The molecule has 1 N–H and O–H groups in total. The van der Waals surface area contributed by atoms with E-state index < -0.39 is 0 Å². The molecule has 5 saturated carbocycles. The van der Waals surface area contributed by atoms with Crippen molar-refractivity contribution in [2.24, 2.45) is 56.7 Å². The summed E-state index contributed by atoms with van der Waals surface area (Å²) in [7, 11) is 0. The molecule has 0 aromatic carbocycles. The van der Waals surface area contributed by atoms with Gasteiger partial charge in [-0.05, 0) is 122 Å². The molecule has 5 aliphatic rings. The minimum absolute atomic E-state index is 0.0355. The van der Waals surface area contributed by atoms with Gasteiger partial charge in [-0.1, -0.05) is 52.7 Å². The normalized spacial score (nSPS) is 56.2. The fourth-order valence-electron chi connectivity index (χ4n) is 11.4. The molecule has 0 aromatic heterocycles. The smallest absolute Gasteiger partial charge is 0.0594 e. The molecule has 178 valence electrons. The number of hydrogen-bond donors (Lipinski definition) is 1. The zero-order valence-electron chi connectivity index (χ0n) is 21.8. The second-order valence-corrected chi connectivity index (χ2v) is 14.4. The Morgan fingerprint density at radius 3 is 2.22 bits per heavy atom. The fraction of sp³-hybridized carbons (Fsp3) is 0.871. The van der Waals surface area contributed by atoms with Gasteiger partial charge in [-0.15, -0.1) is 6.42 Å². The minimum Gasteiger partial charge on any atom is -0.393 e. The molecular weight excluding hydrogens is 388 g/mol. The molecular formula is C31H48O. The fourth-order valence-corrected chi connectivity index (χ4v) is 11.4. The van der Waals surface area contributed by atoms with Crippen molar-refractivity contribution in [3.8, 4) is 12.3 Å². The van der Waals surface area contributed by atoms with Crippen LogP contribution in [0.5, 0.6) is 0 Å². The molecule has 0 aliphatic heterocycles. The summed E-state index contributed by atoms with van der Waals surface area (Å²) < 4.78 is 0. The van der Waals surface area contributed by atoms with E-state index in [0.717, 1.165) is 18.3 Å². The largest absolute Gasteiger partial charge is 0.393 e. The van der Waals surface area contributed by atoms with Crippen LogP contribution in [0.3, 0.4) is 0 Å². The summed E-state index contributed by atoms with van der Waals surface area (Å²) in [6.07, 6.45) is 18.7. The van der Waals surface area contributed by atoms with Gasteiger partial charge in [0.2, 0.25) is 0 Å². The van der Waals surface area contributed by atoms with Crippen molar-refractivity contribution < 1.29 is 5.11 Å². The van der Waals surface area contributed by atoms with Gasteiger partial charge in [0.05, 0.1) is 6.10 Å². The maximum absolute atomic E-state index is 10.9. The molecule has 0 bridgehead atoms. The average molecular weight is 437 g/mol. The third kappa shape index (κ3) is 2.58. The summed E-state index contributed by atoms with van der Waals surface area (Å²) >= 11 is 0. The van der Waals surface area contributed by atoms with Gasteiger partial charge in [0.15, 0.2) is 0 Å². The van der Waals surface area contributed by atoms with Crippen LogP contribution >= 0.6 is 0 Å². The maximum Gasteiger partial charge on any atom is 0.0594 e. The third-order valence-corrected chi connectivity index (χ3v) is 13.3. The Morgan fingerprint density at radius 1 is 0.844 bits per heavy atom. The number of aliphatic hydroxyl groups excluding tert-OH is 1. The average Bonchev–Trinajstić information content (AvgIpc) is 3.12. The van der Waals surface area contributed by atoms with E-state index in [2.05, 4.69) is 54.0 Å². The summed E-state index contributed by atoms with van der Waals surface area (Å²) in [5, 5.41) is 10.9. The third-order valence-electron chi connectivity index (χ3n) is 13.3. The van der Waals surface area contributed by atoms with Gasteiger partial charge >= 0.3 is 0 Å². The zero-order valence-corrected chi connectivity index (χ0v) is 21.8. The first-order valence-electron chi connectivity index (χ1n) is 13.7. The van der Waals surface area contributed by atoms with Crippen LogP contribution < -0.4 is 0 Å². The molecule has 0 spiro atoms. The SMILES string of the molecule is C#C[C@]12CC[C@@H](C(=C)C)C1C1CCC3[C@@]4(C)CC[C@H](O)C(C)(C)C4CC[C@@]3(C)[C@]1(C)CC2. The zero-order chi connectivity index (χ0) is 23.3. The van der Waals surface area contributed by atoms with Crippen molar-refractivity contribution >= 4 is 0 Å². The molecule has 5 rings (SSSR count). The van der Waals surface area contributed by atoms with E-state index >= 15 is 0 Å². The summed E-state index contributed by atoms with van der Waals surface area (Å²) in [6, 6.07) is 0. The molecule has 0 heterocycles. The highest BCUT2D eigenvalue weighted by Gasteiger charge is 2.70. The van der Waals surface area contributed by atoms with E-state index in [1.807, 2.05) is 0 Å². The molecule has 5 aliphatic carbocycles. The minimum atomic E-state index is -0.141. The summed E-state index contributed by atoms with van der Waals surface area (Å²) in [6.45, 7) is 19.4. The first-order chi connectivity index (χ1) is 14.9. The highest BCUT2D eigenvalue weighted by atomic mass is 16.3. The van der Waals surface area contributed by atoms with E-state index in [-0.39, 0.29) is 16.9 Å². The number of terminal acetylenes is 1. The lowest BCUT2D eigenvalue weighted by molar-refractivity contribution is -0.244. The standard InChI is InChI=1S/C31H48O/c1-9-31-17-12-21(20(2)3)26(31)22-10-11-24-28(6)15-14-25(32)27(4,5)23(28)13-16-30(24,8)29(22,7)18-19-31/h1,21-26,32H,2,10-19H2,3-8H3/t21-,22?,23?,24?,25-,26?,28-,29+,30+,31+/m0/s1. The molecule has 4 unspecified atom stereocenters. The lowest BCUT2D eigenvalue weighted by Crippen LogP contribution is -2.66. The Morgan fingerprint density at radius 2 is 1.56 bits per heavy atom. The second kappa shape index (κ2) is 6.90. The molecule has 1 heteroatoms. The van der Waals surface area contributed by atoms with Crippen molar-refractivity contribution in [1.29, 1.82) is 0 Å². The van der Waals surface area contributed by atoms with Gasteiger partial charge in [0, 0.05) is 5.41 Å². The van der Waals surface area contributed by atoms with Crippen LogP contribution in [0.1, 0.15) is 106 Å². The lowest BCUT2D eigenvalue weighted by atomic mass is 9.32. The van der Waals surface area contributed by atoms with E-state index in [4.69, 9.17) is 6.42 Å². The van der Waals surface area contributed by atoms with Crippen LogP contribution in [-0.2, 0) is 0 Å². The topological polar surface area (TPSA) is 20.2 Å². The van der Waals surface area contributed by atoms with E-state index in [1.54, 1.807) is 0 Å². The lowest BCUT2D eigenvalue weighted by Gasteiger charge is -2.72. The van der Waals surface area contributed by atoms with Gasteiger partial charge in [0.1, 0.15) is 0 Å². The van der Waals surface area contributed by atoms with Crippen LogP contribution in [0.2, 0.25) is 0 Å². The molecule has 1 nitrogen and oxygen atoms in total. The van der Waals surface area contributed by atoms with Crippen molar-refractivity contribution in [2.75, 3.05) is 0 Å². The number of fused-ring (bicyclic) bond motifs is 7. The molecule has 32 heavy (non-hydrogen) atoms. The highest BCUT2D eigenvalue weighted by Crippen LogP contribution is 2.77. The number of rotatable bonds is 1. The maximum atomic E-state index is 10.9. The molecule has 0 radical (unpaired) electrons. The second-order valence-electron chi connectivity index (χ2n) is 14.4. The Bertz CT molecular complexity index is 847. The van der Waals surface area contributed by atoms with Crippen LogP contribution in [0.25, 0.3) is 0 Å². The van der Waals surface area contributed by atoms with Crippen LogP contribution in [0.4, 0.5) is 0 Å². The number of allylic oxidation sites excluding steroid dienone is 1. The predicted molar refractivity (Wildman–Crippen MR) is 134 cm³/mol. The van der Waals surface area contributed by atoms with Gasteiger partial charge in [0.25, 0.3) is 0 Å². The van der Waals surface area contributed by atoms with Crippen LogP contribution in [0, 0.1) is 69.0 Å². The Balaban J connectivity index is 1.56. The van der Waals surface area contributed by atoms with Crippen LogP contribution in [-0.4, -0.2) is 11.2 Å². The van der Waals surface area contributed by atoms with E-state index in [1.165, 1.54) is 63.4 Å². The first kappa shape index (κ1) is 23.0. The number of aliphatic hydroxyl groups is 1. The van der Waals surface area contributed by atoms with Gasteiger partial charge in [-0.3, -0.25) is 0 Å². The summed E-state index contributed by atoms with van der Waals surface area (Å²) in [5.74, 6) is 6.79. The highest BCUT2D eigenvalue weighted by molar-refractivity contribution is 5.26. The van der Waals surface area contributed by atoms with E-state index in [0.29, 0.717) is 34.0 Å². The summed E-state index contributed by atoms with van der Waals surface area (Å²) in [5.41, 5.74) is 2.63. The van der Waals surface area contributed by atoms with Crippen LogP contribution in [0.15, 0.2) is 12.2 Å². The Labute approximate surface area is 198 Å². The van der Waals surface area contributed by atoms with Gasteiger partial charge < -0.3 is 5.11 Å². The van der Waals surface area contributed by atoms with Gasteiger partial charge in [-0.2, -0.15) is 0 Å². The molecule has 5 fully saturated rings. The number of hydrogen-bond acceptors (Lipinski definition) is 1. The van der Waals surface area contributed by atoms with Crippen molar-refractivity contribution in [3.63, 3.8) is 0 Å².